The molecule has 0 unspecified atom stereocenters. The summed E-state index contributed by atoms with van der Waals surface area (Å²) in [6, 6.07) is 1.97. The van der Waals surface area contributed by atoms with Crippen LogP contribution in [0.4, 0.5) is 11.8 Å². The molecule has 19 heavy (non-hydrogen) atoms. The Bertz CT molecular complexity index is 583. The number of aromatic nitrogens is 2. The second kappa shape index (κ2) is 5.83. The molecule has 3 N–H and O–H groups in total. The van der Waals surface area contributed by atoms with Crippen LogP contribution in [0.1, 0.15) is 13.8 Å². The Morgan fingerprint density at radius 2 is 2.26 bits per heavy atom. The summed E-state index contributed by atoms with van der Waals surface area (Å²) in [5, 5.41) is 6.03. The van der Waals surface area contributed by atoms with E-state index >= 15 is 0 Å². The fourth-order valence-corrected chi connectivity index (χ4v) is 2.60. The number of likely N-dealkylation sites (N-methyl/N-ethyl adjacent to an activating group) is 1. The van der Waals surface area contributed by atoms with E-state index in [0.717, 1.165) is 22.6 Å². The largest absolute Gasteiger partial charge is 0.368 e. The fraction of sp³-hybridized carbons (Fsp3) is 0.417. The summed E-state index contributed by atoms with van der Waals surface area (Å²) in [4.78, 5) is 22.8. The van der Waals surface area contributed by atoms with Crippen molar-refractivity contribution in [1.29, 1.82) is 0 Å². The zero-order valence-corrected chi connectivity index (χ0v) is 11.8. The van der Waals surface area contributed by atoms with Gasteiger partial charge in [0.2, 0.25) is 11.9 Å². The minimum atomic E-state index is -0.367. The van der Waals surface area contributed by atoms with E-state index in [1.165, 1.54) is 0 Å². The number of amides is 1. The van der Waals surface area contributed by atoms with E-state index in [0.29, 0.717) is 12.5 Å². The third-order valence-electron chi connectivity index (χ3n) is 2.67. The molecule has 0 saturated carbocycles. The van der Waals surface area contributed by atoms with Crippen molar-refractivity contribution in [3.63, 3.8) is 0 Å². The normalized spacial score (nSPS) is 10.6. The Kier molecular flexibility index (Phi) is 4.16. The summed E-state index contributed by atoms with van der Waals surface area (Å²) in [6.07, 6.45) is 0. The van der Waals surface area contributed by atoms with E-state index in [1.54, 1.807) is 11.3 Å². The lowest BCUT2D eigenvalue weighted by Crippen LogP contribution is -2.34. The quantitative estimate of drug-likeness (QED) is 0.835. The molecule has 0 radical (unpaired) electrons. The number of carbonyl (C=O) groups is 1. The number of primary amides is 1. The highest BCUT2D eigenvalue weighted by Crippen LogP contribution is 2.28. The molecule has 2 aromatic heterocycles. The van der Waals surface area contributed by atoms with Crippen LogP contribution in [0.15, 0.2) is 11.4 Å². The van der Waals surface area contributed by atoms with Crippen molar-refractivity contribution >= 4 is 39.2 Å². The van der Waals surface area contributed by atoms with Gasteiger partial charge in [-0.25, -0.2) is 4.98 Å². The van der Waals surface area contributed by atoms with E-state index in [9.17, 15) is 4.79 Å². The summed E-state index contributed by atoms with van der Waals surface area (Å²) < 4.78 is 0. The summed E-state index contributed by atoms with van der Waals surface area (Å²) in [5.41, 5.74) is 5.29. The molecule has 0 aromatic carbocycles. The van der Waals surface area contributed by atoms with E-state index in [4.69, 9.17) is 5.73 Å². The molecule has 6 nitrogen and oxygen atoms in total. The predicted octanol–water partition coefficient (Wildman–Crippen LogP) is 1.43. The molecule has 0 spiro atoms. The van der Waals surface area contributed by atoms with Crippen LogP contribution in [0.5, 0.6) is 0 Å². The van der Waals surface area contributed by atoms with Crippen LogP contribution in [0.3, 0.4) is 0 Å². The lowest BCUT2D eigenvalue weighted by Gasteiger charge is -2.21. The van der Waals surface area contributed by atoms with Gasteiger partial charge in [0.1, 0.15) is 10.6 Å². The maximum absolute atomic E-state index is 11.2. The molecule has 2 aromatic rings. The first-order valence-electron chi connectivity index (χ1n) is 6.18. The molecule has 7 heteroatoms. The highest BCUT2D eigenvalue weighted by atomic mass is 32.1. The third kappa shape index (κ3) is 2.93. The summed E-state index contributed by atoms with van der Waals surface area (Å²) in [6.45, 7) is 5.53. The van der Waals surface area contributed by atoms with Crippen LogP contribution >= 0.6 is 11.3 Å². The predicted molar refractivity (Wildman–Crippen MR) is 78.7 cm³/mol. The molecule has 0 saturated heterocycles. The first kappa shape index (κ1) is 13.5. The number of carbonyl (C=O) groups excluding carboxylic acids is 1. The van der Waals surface area contributed by atoms with Crippen LogP contribution in [-0.2, 0) is 4.79 Å². The number of rotatable bonds is 6. The highest BCUT2D eigenvalue weighted by molar-refractivity contribution is 7.16. The van der Waals surface area contributed by atoms with E-state index < -0.39 is 0 Å². The van der Waals surface area contributed by atoms with E-state index in [2.05, 4.69) is 15.3 Å². The maximum Gasteiger partial charge on any atom is 0.236 e. The van der Waals surface area contributed by atoms with Gasteiger partial charge in [0.25, 0.3) is 0 Å². The number of nitrogens with zero attached hydrogens (tertiary/aromatic N) is 3. The van der Waals surface area contributed by atoms with Gasteiger partial charge in [-0.05, 0) is 25.3 Å². The van der Waals surface area contributed by atoms with Gasteiger partial charge in [-0.1, -0.05) is 0 Å². The first-order valence-corrected chi connectivity index (χ1v) is 7.06. The van der Waals surface area contributed by atoms with Gasteiger partial charge in [0.05, 0.1) is 11.9 Å². The molecular formula is C12H17N5OS. The van der Waals surface area contributed by atoms with Gasteiger partial charge in [-0.15, -0.1) is 11.3 Å². The molecule has 0 aliphatic rings. The average Bonchev–Trinajstić information content (AvgIpc) is 2.83. The monoisotopic (exact) mass is 279 g/mol. The highest BCUT2D eigenvalue weighted by Gasteiger charge is 2.15. The lowest BCUT2D eigenvalue weighted by molar-refractivity contribution is -0.116. The van der Waals surface area contributed by atoms with Crippen molar-refractivity contribution < 1.29 is 4.79 Å². The number of nitrogens with two attached hydrogens (primary N) is 1. The minimum Gasteiger partial charge on any atom is -0.368 e. The Labute approximate surface area is 115 Å². The molecule has 102 valence electrons. The lowest BCUT2D eigenvalue weighted by atomic mass is 10.3. The molecular weight excluding hydrogens is 262 g/mol. The summed E-state index contributed by atoms with van der Waals surface area (Å²) >= 11 is 1.55. The smallest absolute Gasteiger partial charge is 0.236 e. The molecule has 0 atom stereocenters. The molecule has 2 rings (SSSR count). The van der Waals surface area contributed by atoms with Gasteiger partial charge in [-0.3, -0.25) is 4.79 Å². The van der Waals surface area contributed by atoms with Crippen molar-refractivity contribution in [1.82, 2.24) is 9.97 Å². The fourth-order valence-electron chi connectivity index (χ4n) is 1.84. The van der Waals surface area contributed by atoms with Crippen molar-refractivity contribution in [3.05, 3.63) is 11.4 Å². The van der Waals surface area contributed by atoms with Gasteiger partial charge in [0, 0.05) is 13.1 Å². The van der Waals surface area contributed by atoms with Gasteiger partial charge in [0.15, 0.2) is 0 Å². The number of hydrogen-bond acceptors (Lipinski definition) is 6. The Hall–Kier alpha value is -1.89. The standard InChI is InChI=1S/C12H17N5OS/c1-3-14-12-15-10(17(4-2)7-9(13)18)8-5-6-19-11(8)16-12/h5-6H,3-4,7H2,1-2H3,(H2,13,18)(H,14,15,16). The van der Waals surface area contributed by atoms with Gasteiger partial charge in [-0.2, -0.15) is 4.98 Å². The number of hydrogen-bond donors (Lipinski definition) is 2. The van der Waals surface area contributed by atoms with Gasteiger partial charge >= 0.3 is 0 Å². The van der Waals surface area contributed by atoms with Crippen LogP contribution in [0.2, 0.25) is 0 Å². The summed E-state index contributed by atoms with van der Waals surface area (Å²) in [7, 11) is 0. The Balaban J connectivity index is 2.48. The molecule has 1 amide bonds. The second-order valence-corrected chi connectivity index (χ2v) is 4.92. The number of fused-ring (bicyclic) bond motifs is 1. The number of thiophene rings is 1. The van der Waals surface area contributed by atoms with Gasteiger partial charge < -0.3 is 16.0 Å². The van der Waals surface area contributed by atoms with Crippen LogP contribution < -0.4 is 16.0 Å². The number of nitrogens with one attached hydrogen (secondary N) is 1. The van der Waals surface area contributed by atoms with E-state index in [-0.39, 0.29) is 12.5 Å². The molecule has 0 aliphatic carbocycles. The first-order chi connectivity index (χ1) is 9.15. The SMILES string of the molecule is CCNc1nc(N(CC)CC(N)=O)c2ccsc2n1. The average molecular weight is 279 g/mol. The topological polar surface area (TPSA) is 84.1 Å². The third-order valence-corrected chi connectivity index (χ3v) is 3.47. The van der Waals surface area contributed by atoms with Crippen LogP contribution in [0, 0.1) is 0 Å². The summed E-state index contributed by atoms with van der Waals surface area (Å²) in [5.74, 6) is 0.965. The minimum absolute atomic E-state index is 0.157. The van der Waals surface area contributed by atoms with Crippen molar-refractivity contribution in [2.45, 2.75) is 13.8 Å². The molecule has 0 bridgehead atoms. The zero-order chi connectivity index (χ0) is 13.8. The van der Waals surface area contributed by atoms with Crippen molar-refractivity contribution in [3.8, 4) is 0 Å². The molecule has 0 aliphatic heterocycles. The molecule has 2 heterocycles. The van der Waals surface area contributed by atoms with Crippen LogP contribution in [0.25, 0.3) is 10.2 Å². The van der Waals surface area contributed by atoms with Crippen LogP contribution in [-0.4, -0.2) is 35.5 Å². The number of anilines is 2. The zero-order valence-electron chi connectivity index (χ0n) is 11.0. The Morgan fingerprint density at radius 3 is 2.89 bits per heavy atom. The maximum atomic E-state index is 11.2. The van der Waals surface area contributed by atoms with E-state index in [1.807, 2.05) is 30.2 Å². The van der Waals surface area contributed by atoms with Crippen molar-refractivity contribution in [2.75, 3.05) is 29.9 Å². The van der Waals surface area contributed by atoms with Crippen molar-refractivity contribution in [2.24, 2.45) is 5.73 Å². The molecule has 0 fully saturated rings. The second-order valence-electron chi connectivity index (χ2n) is 4.02. The Morgan fingerprint density at radius 1 is 1.47 bits per heavy atom.